The van der Waals surface area contributed by atoms with Gasteiger partial charge in [-0.15, -0.1) is 0 Å². The first-order valence-electron chi connectivity index (χ1n) is 6.99. The van der Waals surface area contributed by atoms with Crippen molar-refractivity contribution in [1.82, 2.24) is 0 Å². The van der Waals surface area contributed by atoms with Crippen molar-refractivity contribution in [3.05, 3.63) is 54.6 Å². The minimum absolute atomic E-state index is 0.0100. The molecule has 4 nitrogen and oxygen atoms in total. The molecule has 0 unspecified atom stereocenters. The fourth-order valence-electron chi connectivity index (χ4n) is 1.93. The Labute approximate surface area is 125 Å². The molecule has 110 valence electrons. The van der Waals surface area contributed by atoms with Crippen LogP contribution in [-0.2, 0) is 9.53 Å². The van der Waals surface area contributed by atoms with E-state index in [9.17, 15) is 4.79 Å². The van der Waals surface area contributed by atoms with Crippen LogP contribution >= 0.6 is 0 Å². The molecule has 0 heterocycles. The summed E-state index contributed by atoms with van der Waals surface area (Å²) in [6.07, 6.45) is 1.20. The van der Waals surface area contributed by atoms with Crippen molar-refractivity contribution in [2.75, 3.05) is 24.4 Å². The molecule has 21 heavy (non-hydrogen) atoms. The normalized spacial score (nSPS) is 10.1. The summed E-state index contributed by atoms with van der Waals surface area (Å²) in [6.45, 7) is 0.605. The van der Waals surface area contributed by atoms with Gasteiger partial charge in [-0.2, -0.15) is 0 Å². The van der Waals surface area contributed by atoms with Crippen LogP contribution in [0.4, 0.5) is 17.1 Å². The van der Waals surface area contributed by atoms with Gasteiger partial charge in [0, 0.05) is 37.2 Å². The van der Waals surface area contributed by atoms with Crippen LogP contribution in [0.5, 0.6) is 0 Å². The van der Waals surface area contributed by atoms with Gasteiger partial charge < -0.3 is 15.4 Å². The van der Waals surface area contributed by atoms with Crippen LogP contribution in [0.3, 0.4) is 0 Å². The Morgan fingerprint density at radius 1 is 0.952 bits per heavy atom. The van der Waals surface area contributed by atoms with Crippen LogP contribution in [0.2, 0.25) is 0 Å². The third-order valence-corrected chi connectivity index (χ3v) is 2.98. The molecule has 0 saturated heterocycles. The van der Waals surface area contributed by atoms with Crippen molar-refractivity contribution < 1.29 is 9.53 Å². The van der Waals surface area contributed by atoms with E-state index < -0.39 is 0 Å². The molecule has 0 aromatic heterocycles. The van der Waals surface area contributed by atoms with Crippen molar-refractivity contribution in [2.45, 2.75) is 12.8 Å². The van der Waals surface area contributed by atoms with Crippen LogP contribution < -0.4 is 10.6 Å². The molecular formula is C17H20N2O2. The number of para-hydroxylation sites is 1. The van der Waals surface area contributed by atoms with E-state index in [1.807, 2.05) is 54.6 Å². The first-order valence-corrected chi connectivity index (χ1v) is 6.99. The summed E-state index contributed by atoms with van der Waals surface area (Å²) in [5.74, 6) is 0.0100. The third-order valence-electron chi connectivity index (χ3n) is 2.98. The fourth-order valence-corrected chi connectivity index (χ4v) is 1.93. The topological polar surface area (TPSA) is 50.4 Å². The standard InChI is InChI=1S/C17H20N2O2/c1-21-13-5-8-17(20)19-16-11-9-15(10-12-16)18-14-6-3-2-4-7-14/h2-4,6-7,9-12,18H,5,8,13H2,1H3,(H,19,20). The Bertz CT molecular complexity index is 553. The highest BCUT2D eigenvalue weighted by molar-refractivity contribution is 5.90. The number of rotatable bonds is 7. The summed E-state index contributed by atoms with van der Waals surface area (Å²) >= 11 is 0. The summed E-state index contributed by atoms with van der Waals surface area (Å²) in [5, 5.41) is 6.17. The monoisotopic (exact) mass is 284 g/mol. The van der Waals surface area contributed by atoms with E-state index in [-0.39, 0.29) is 5.91 Å². The molecule has 2 aromatic carbocycles. The van der Waals surface area contributed by atoms with E-state index in [4.69, 9.17) is 4.74 Å². The SMILES string of the molecule is COCCCC(=O)Nc1ccc(Nc2ccccc2)cc1. The van der Waals surface area contributed by atoms with Gasteiger partial charge in [0.15, 0.2) is 0 Å². The molecule has 0 bridgehead atoms. The van der Waals surface area contributed by atoms with Crippen LogP contribution in [0, 0.1) is 0 Å². The number of nitrogens with one attached hydrogen (secondary N) is 2. The molecule has 1 amide bonds. The van der Waals surface area contributed by atoms with Crippen molar-refractivity contribution in [1.29, 1.82) is 0 Å². The second-order valence-corrected chi connectivity index (χ2v) is 4.71. The largest absolute Gasteiger partial charge is 0.385 e. The summed E-state index contributed by atoms with van der Waals surface area (Å²) in [6, 6.07) is 17.6. The zero-order valence-corrected chi connectivity index (χ0v) is 12.1. The van der Waals surface area contributed by atoms with Crippen molar-refractivity contribution in [3.63, 3.8) is 0 Å². The molecule has 0 aliphatic carbocycles. The molecule has 0 aliphatic heterocycles. The Morgan fingerprint density at radius 2 is 1.57 bits per heavy atom. The molecule has 0 atom stereocenters. The first kappa shape index (κ1) is 15.1. The van der Waals surface area contributed by atoms with Crippen LogP contribution in [-0.4, -0.2) is 19.6 Å². The number of ether oxygens (including phenoxy) is 1. The summed E-state index contributed by atoms with van der Waals surface area (Å²) in [5.41, 5.74) is 2.82. The molecule has 0 spiro atoms. The third kappa shape index (κ3) is 5.28. The number of carbonyl (C=O) groups is 1. The quantitative estimate of drug-likeness (QED) is 0.760. The highest BCUT2D eigenvalue weighted by Crippen LogP contribution is 2.18. The minimum atomic E-state index is 0.0100. The van der Waals surface area contributed by atoms with E-state index in [2.05, 4.69) is 10.6 Å². The summed E-state index contributed by atoms with van der Waals surface area (Å²) in [4.78, 5) is 11.7. The van der Waals surface area contributed by atoms with Gasteiger partial charge in [0.2, 0.25) is 5.91 Å². The van der Waals surface area contributed by atoms with E-state index in [1.165, 1.54) is 0 Å². The number of hydrogen-bond donors (Lipinski definition) is 2. The van der Waals surface area contributed by atoms with Gasteiger partial charge in [0.05, 0.1) is 0 Å². The molecule has 0 aliphatic rings. The highest BCUT2D eigenvalue weighted by Gasteiger charge is 2.02. The molecular weight excluding hydrogens is 264 g/mol. The lowest BCUT2D eigenvalue weighted by molar-refractivity contribution is -0.116. The lowest BCUT2D eigenvalue weighted by atomic mass is 10.2. The Balaban J connectivity index is 1.85. The number of methoxy groups -OCH3 is 1. The molecule has 2 rings (SSSR count). The Kier molecular flexibility index (Phi) is 5.79. The second kappa shape index (κ2) is 8.07. The summed E-state index contributed by atoms with van der Waals surface area (Å²) < 4.78 is 4.93. The van der Waals surface area contributed by atoms with Gasteiger partial charge in [-0.05, 0) is 42.8 Å². The molecule has 2 aromatic rings. The molecule has 4 heteroatoms. The first-order chi connectivity index (χ1) is 10.3. The lowest BCUT2D eigenvalue weighted by Gasteiger charge is -2.08. The van der Waals surface area contributed by atoms with Crippen molar-refractivity contribution in [3.8, 4) is 0 Å². The Hall–Kier alpha value is -2.33. The van der Waals surface area contributed by atoms with Gasteiger partial charge >= 0.3 is 0 Å². The molecule has 0 radical (unpaired) electrons. The number of amides is 1. The zero-order valence-electron chi connectivity index (χ0n) is 12.1. The number of carbonyl (C=O) groups excluding carboxylic acids is 1. The van der Waals surface area contributed by atoms with E-state index >= 15 is 0 Å². The van der Waals surface area contributed by atoms with E-state index in [0.717, 1.165) is 23.5 Å². The van der Waals surface area contributed by atoms with Crippen molar-refractivity contribution in [2.24, 2.45) is 0 Å². The summed E-state index contributed by atoms with van der Waals surface area (Å²) in [7, 11) is 1.64. The van der Waals surface area contributed by atoms with E-state index in [0.29, 0.717) is 13.0 Å². The average molecular weight is 284 g/mol. The zero-order chi connectivity index (χ0) is 14.9. The minimum Gasteiger partial charge on any atom is -0.385 e. The number of hydrogen-bond acceptors (Lipinski definition) is 3. The predicted molar refractivity (Wildman–Crippen MR) is 85.9 cm³/mol. The van der Waals surface area contributed by atoms with Crippen LogP contribution in [0.15, 0.2) is 54.6 Å². The molecule has 0 saturated carbocycles. The van der Waals surface area contributed by atoms with Crippen LogP contribution in [0.1, 0.15) is 12.8 Å². The van der Waals surface area contributed by atoms with Gasteiger partial charge in [-0.25, -0.2) is 0 Å². The maximum absolute atomic E-state index is 11.7. The maximum Gasteiger partial charge on any atom is 0.224 e. The predicted octanol–water partition coefficient (Wildman–Crippen LogP) is 3.80. The van der Waals surface area contributed by atoms with Gasteiger partial charge in [-0.1, -0.05) is 18.2 Å². The molecule has 0 fully saturated rings. The average Bonchev–Trinajstić information content (AvgIpc) is 2.51. The van der Waals surface area contributed by atoms with Gasteiger partial charge in [-0.3, -0.25) is 4.79 Å². The van der Waals surface area contributed by atoms with Crippen molar-refractivity contribution >= 4 is 23.0 Å². The highest BCUT2D eigenvalue weighted by atomic mass is 16.5. The maximum atomic E-state index is 11.7. The smallest absolute Gasteiger partial charge is 0.224 e. The van der Waals surface area contributed by atoms with Gasteiger partial charge in [0.25, 0.3) is 0 Å². The van der Waals surface area contributed by atoms with E-state index in [1.54, 1.807) is 7.11 Å². The number of benzene rings is 2. The second-order valence-electron chi connectivity index (χ2n) is 4.71. The van der Waals surface area contributed by atoms with Gasteiger partial charge in [0.1, 0.15) is 0 Å². The van der Waals surface area contributed by atoms with Crippen LogP contribution in [0.25, 0.3) is 0 Å². The molecule has 2 N–H and O–H groups in total. The Morgan fingerprint density at radius 3 is 2.24 bits per heavy atom. The number of anilines is 3. The fraction of sp³-hybridized carbons (Fsp3) is 0.235. The lowest BCUT2D eigenvalue weighted by Crippen LogP contribution is -2.11.